The SMILES string of the molecule is C=C(C)COCCNC(=O)c1n[nH]c2ccc(N)cc12. The zero-order chi connectivity index (χ0) is 14.5. The molecular weight excluding hydrogens is 256 g/mol. The maximum Gasteiger partial charge on any atom is 0.272 e. The van der Waals surface area contributed by atoms with E-state index in [4.69, 9.17) is 10.5 Å². The normalized spacial score (nSPS) is 10.7. The molecule has 0 atom stereocenters. The fourth-order valence-electron chi connectivity index (χ4n) is 1.77. The van der Waals surface area contributed by atoms with Crippen LogP contribution in [0.4, 0.5) is 5.69 Å². The first-order valence-corrected chi connectivity index (χ1v) is 6.32. The Labute approximate surface area is 117 Å². The summed E-state index contributed by atoms with van der Waals surface area (Å²) >= 11 is 0. The van der Waals surface area contributed by atoms with E-state index in [2.05, 4.69) is 22.1 Å². The quantitative estimate of drug-likeness (QED) is 0.422. The predicted octanol–water partition coefficient (Wildman–Crippen LogP) is 1.47. The number of amides is 1. The number of hydrogen-bond donors (Lipinski definition) is 3. The Hall–Kier alpha value is -2.34. The van der Waals surface area contributed by atoms with E-state index in [1.54, 1.807) is 18.2 Å². The zero-order valence-electron chi connectivity index (χ0n) is 11.4. The van der Waals surface area contributed by atoms with Gasteiger partial charge in [0.1, 0.15) is 0 Å². The van der Waals surface area contributed by atoms with Crippen LogP contribution in [0.15, 0.2) is 30.4 Å². The molecule has 0 saturated heterocycles. The molecule has 0 aliphatic carbocycles. The average Bonchev–Trinajstić information content (AvgIpc) is 2.80. The van der Waals surface area contributed by atoms with Crippen LogP contribution in [0.1, 0.15) is 17.4 Å². The number of nitrogen functional groups attached to an aromatic ring is 1. The molecule has 2 aromatic rings. The van der Waals surface area contributed by atoms with Crippen molar-refractivity contribution in [1.82, 2.24) is 15.5 Å². The molecule has 0 radical (unpaired) electrons. The van der Waals surface area contributed by atoms with E-state index < -0.39 is 0 Å². The predicted molar refractivity (Wildman–Crippen MR) is 78.5 cm³/mol. The van der Waals surface area contributed by atoms with Crippen LogP contribution in [-0.2, 0) is 4.74 Å². The summed E-state index contributed by atoms with van der Waals surface area (Å²) < 4.78 is 5.31. The van der Waals surface area contributed by atoms with Gasteiger partial charge in [-0.25, -0.2) is 0 Å². The second-order valence-corrected chi connectivity index (χ2v) is 4.64. The first-order valence-electron chi connectivity index (χ1n) is 6.32. The molecule has 0 saturated carbocycles. The molecule has 1 aromatic carbocycles. The zero-order valence-corrected chi connectivity index (χ0v) is 11.4. The average molecular weight is 274 g/mol. The Morgan fingerprint density at radius 1 is 1.55 bits per heavy atom. The third kappa shape index (κ3) is 3.36. The number of H-pyrrole nitrogens is 1. The molecule has 20 heavy (non-hydrogen) atoms. The van der Waals surface area contributed by atoms with E-state index in [1.807, 2.05) is 6.92 Å². The van der Waals surface area contributed by atoms with Crippen LogP contribution in [0.5, 0.6) is 0 Å². The topological polar surface area (TPSA) is 93.0 Å². The number of nitrogens with one attached hydrogen (secondary N) is 2. The fourth-order valence-corrected chi connectivity index (χ4v) is 1.77. The summed E-state index contributed by atoms with van der Waals surface area (Å²) in [6, 6.07) is 5.28. The van der Waals surface area contributed by atoms with Crippen molar-refractivity contribution >= 4 is 22.5 Å². The molecule has 6 nitrogen and oxygen atoms in total. The Balaban J connectivity index is 1.94. The van der Waals surface area contributed by atoms with Gasteiger partial charge in [-0.2, -0.15) is 5.10 Å². The number of benzene rings is 1. The summed E-state index contributed by atoms with van der Waals surface area (Å²) in [5.41, 5.74) is 8.38. The van der Waals surface area contributed by atoms with Gasteiger partial charge in [-0.1, -0.05) is 12.2 Å². The molecule has 0 fully saturated rings. The molecule has 4 N–H and O–H groups in total. The molecule has 6 heteroatoms. The first kappa shape index (κ1) is 14.1. The van der Waals surface area contributed by atoms with Gasteiger partial charge >= 0.3 is 0 Å². The fraction of sp³-hybridized carbons (Fsp3) is 0.286. The van der Waals surface area contributed by atoms with E-state index in [-0.39, 0.29) is 5.91 Å². The minimum absolute atomic E-state index is 0.249. The summed E-state index contributed by atoms with van der Waals surface area (Å²) in [5.74, 6) is -0.249. The van der Waals surface area contributed by atoms with Crippen molar-refractivity contribution in [1.29, 1.82) is 0 Å². The van der Waals surface area contributed by atoms with Crippen LogP contribution in [0.25, 0.3) is 10.9 Å². The van der Waals surface area contributed by atoms with E-state index in [0.29, 0.717) is 36.5 Å². The van der Waals surface area contributed by atoms with Crippen molar-refractivity contribution in [3.05, 3.63) is 36.0 Å². The van der Waals surface area contributed by atoms with Crippen LogP contribution < -0.4 is 11.1 Å². The monoisotopic (exact) mass is 274 g/mol. The van der Waals surface area contributed by atoms with Crippen molar-refractivity contribution in [3.8, 4) is 0 Å². The third-order valence-electron chi connectivity index (χ3n) is 2.68. The Morgan fingerprint density at radius 3 is 3.10 bits per heavy atom. The minimum Gasteiger partial charge on any atom is -0.399 e. The van der Waals surface area contributed by atoms with Gasteiger partial charge in [0.05, 0.1) is 18.7 Å². The first-order chi connectivity index (χ1) is 9.58. The van der Waals surface area contributed by atoms with Crippen LogP contribution in [0, 0.1) is 0 Å². The van der Waals surface area contributed by atoms with Gasteiger partial charge in [-0.3, -0.25) is 9.89 Å². The van der Waals surface area contributed by atoms with Gasteiger partial charge < -0.3 is 15.8 Å². The molecule has 0 bridgehead atoms. The highest BCUT2D eigenvalue weighted by atomic mass is 16.5. The van der Waals surface area contributed by atoms with Gasteiger partial charge in [0.2, 0.25) is 0 Å². The lowest BCUT2D eigenvalue weighted by Crippen LogP contribution is -2.27. The minimum atomic E-state index is -0.249. The highest BCUT2D eigenvalue weighted by Crippen LogP contribution is 2.18. The second kappa shape index (κ2) is 6.21. The van der Waals surface area contributed by atoms with Crippen LogP contribution in [0.3, 0.4) is 0 Å². The van der Waals surface area contributed by atoms with Crippen LogP contribution >= 0.6 is 0 Å². The summed E-state index contributed by atoms with van der Waals surface area (Å²) in [6.45, 7) is 6.97. The number of anilines is 1. The van der Waals surface area contributed by atoms with Crippen molar-refractivity contribution in [3.63, 3.8) is 0 Å². The number of carbonyl (C=O) groups is 1. The van der Waals surface area contributed by atoms with Gasteiger partial charge in [0.25, 0.3) is 5.91 Å². The highest BCUT2D eigenvalue weighted by molar-refractivity contribution is 6.05. The number of ether oxygens (including phenoxy) is 1. The maximum absolute atomic E-state index is 12.0. The summed E-state index contributed by atoms with van der Waals surface area (Å²) in [5, 5.41) is 10.3. The molecular formula is C14H18N4O2. The summed E-state index contributed by atoms with van der Waals surface area (Å²) in [7, 11) is 0. The van der Waals surface area contributed by atoms with E-state index in [1.165, 1.54) is 0 Å². The van der Waals surface area contributed by atoms with Gasteiger partial charge in [-0.15, -0.1) is 0 Å². The van der Waals surface area contributed by atoms with Crippen molar-refractivity contribution in [2.24, 2.45) is 0 Å². The molecule has 0 aliphatic heterocycles. The Bertz CT molecular complexity index is 633. The Morgan fingerprint density at radius 2 is 2.35 bits per heavy atom. The molecule has 2 rings (SSSR count). The largest absolute Gasteiger partial charge is 0.399 e. The molecule has 0 aliphatic rings. The smallest absolute Gasteiger partial charge is 0.272 e. The number of carbonyl (C=O) groups excluding carboxylic acids is 1. The number of hydrogen-bond acceptors (Lipinski definition) is 4. The number of aromatic nitrogens is 2. The van der Waals surface area contributed by atoms with Crippen molar-refractivity contribution < 1.29 is 9.53 Å². The molecule has 0 spiro atoms. The van der Waals surface area contributed by atoms with E-state index in [9.17, 15) is 4.79 Å². The van der Waals surface area contributed by atoms with Gasteiger partial charge in [0, 0.05) is 17.6 Å². The molecule has 1 amide bonds. The lowest BCUT2D eigenvalue weighted by atomic mass is 10.2. The number of rotatable bonds is 6. The number of nitrogens with zero attached hydrogens (tertiary/aromatic N) is 1. The lowest BCUT2D eigenvalue weighted by molar-refractivity contribution is 0.0923. The van der Waals surface area contributed by atoms with E-state index in [0.717, 1.165) is 11.1 Å². The second-order valence-electron chi connectivity index (χ2n) is 4.64. The van der Waals surface area contributed by atoms with E-state index >= 15 is 0 Å². The Kier molecular flexibility index (Phi) is 4.37. The van der Waals surface area contributed by atoms with Gasteiger partial charge in [0.15, 0.2) is 5.69 Å². The molecule has 106 valence electrons. The van der Waals surface area contributed by atoms with Crippen LogP contribution in [-0.4, -0.2) is 35.9 Å². The standard InChI is InChI=1S/C14H18N4O2/c1-9(2)8-20-6-5-16-14(19)13-11-7-10(15)3-4-12(11)17-18-13/h3-4,7H,1,5-6,8,15H2,2H3,(H,16,19)(H,17,18). The number of aromatic amines is 1. The summed E-state index contributed by atoms with van der Waals surface area (Å²) in [6.07, 6.45) is 0. The highest BCUT2D eigenvalue weighted by Gasteiger charge is 2.13. The van der Waals surface area contributed by atoms with Crippen molar-refractivity contribution in [2.45, 2.75) is 6.92 Å². The summed E-state index contributed by atoms with van der Waals surface area (Å²) in [4.78, 5) is 12.0. The lowest BCUT2D eigenvalue weighted by Gasteiger charge is -2.05. The third-order valence-corrected chi connectivity index (χ3v) is 2.68. The molecule has 1 aromatic heterocycles. The molecule has 0 unspecified atom stereocenters. The van der Waals surface area contributed by atoms with Crippen molar-refractivity contribution in [2.75, 3.05) is 25.5 Å². The van der Waals surface area contributed by atoms with Gasteiger partial charge in [-0.05, 0) is 25.1 Å². The number of nitrogens with two attached hydrogens (primary N) is 1. The maximum atomic E-state index is 12.0. The number of fused-ring (bicyclic) bond motifs is 1. The van der Waals surface area contributed by atoms with Crippen LogP contribution in [0.2, 0.25) is 0 Å². The molecule has 1 heterocycles.